The molecule has 1 heterocycles. The van der Waals surface area contributed by atoms with Gasteiger partial charge in [-0.2, -0.15) is 0 Å². The van der Waals surface area contributed by atoms with Crippen molar-refractivity contribution in [2.75, 3.05) is 11.8 Å². The third kappa shape index (κ3) is 3.41. The molecule has 112 valence electrons. The van der Waals surface area contributed by atoms with Gasteiger partial charge in [-0.15, -0.1) is 0 Å². The third-order valence-electron chi connectivity index (χ3n) is 2.55. The number of nitrogens with zero attached hydrogens (tertiary/aromatic N) is 2. The zero-order valence-corrected chi connectivity index (χ0v) is 12.5. The first kappa shape index (κ1) is 15.5. The molecule has 0 aliphatic carbocycles. The Morgan fingerprint density at radius 2 is 2.00 bits per heavy atom. The van der Waals surface area contributed by atoms with E-state index in [4.69, 9.17) is 16.3 Å². The fourth-order valence-corrected chi connectivity index (χ4v) is 3.20. The van der Waals surface area contributed by atoms with Gasteiger partial charge in [-0.25, -0.2) is 23.1 Å². The molecule has 1 aromatic heterocycles. The van der Waals surface area contributed by atoms with E-state index in [1.54, 1.807) is 6.07 Å². The molecule has 0 saturated carbocycles. The SMILES string of the molecule is COc1c(CO)cc(Cl)cc1S(=O)(=O)Nc1ncccn1. The van der Waals surface area contributed by atoms with Gasteiger partial charge >= 0.3 is 0 Å². The van der Waals surface area contributed by atoms with Crippen LogP contribution < -0.4 is 9.46 Å². The molecule has 0 aliphatic heterocycles. The molecule has 2 rings (SSSR count). The van der Waals surface area contributed by atoms with E-state index >= 15 is 0 Å². The van der Waals surface area contributed by atoms with Crippen LogP contribution in [0.15, 0.2) is 35.5 Å². The van der Waals surface area contributed by atoms with Crippen molar-refractivity contribution in [2.45, 2.75) is 11.5 Å². The van der Waals surface area contributed by atoms with Gasteiger partial charge in [0.05, 0.1) is 13.7 Å². The van der Waals surface area contributed by atoms with Crippen LogP contribution in [0.4, 0.5) is 5.95 Å². The first-order chi connectivity index (χ1) is 9.97. The minimum Gasteiger partial charge on any atom is -0.495 e. The number of halogens is 1. The molecule has 0 radical (unpaired) electrons. The molecule has 0 unspecified atom stereocenters. The number of sulfonamides is 1. The third-order valence-corrected chi connectivity index (χ3v) is 4.10. The van der Waals surface area contributed by atoms with Crippen molar-refractivity contribution in [3.05, 3.63) is 41.2 Å². The zero-order chi connectivity index (χ0) is 15.5. The van der Waals surface area contributed by atoms with Crippen molar-refractivity contribution < 1.29 is 18.3 Å². The van der Waals surface area contributed by atoms with Crippen LogP contribution in [0.2, 0.25) is 5.02 Å². The highest BCUT2D eigenvalue weighted by Crippen LogP contribution is 2.32. The lowest BCUT2D eigenvalue weighted by atomic mass is 10.2. The van der Waals surface area contributed by atoms with E-state index in [9.17, 15) is 13.5 Å². The van der Waals surface area contributed by atoms with Gasteiger partial charge in [0.25, 0.3) is 10.0 Å². The molecular weight excluding hydrogens is 318 g/mol. The first-order valence-corrected chi connectivity index (χ1v) is 7.61. The molecule has 0 atom stereocenters. The highest BCUT2D eigenvalue weighted by atomic mass is 35.5. The summed E-state index contributed by atoms with van der Waals surface area (Å²) in [6.45, 7) is -0.409. The monoisotopic (exact) mass is 329 g/mol. The summed E-state index contributed by atoms with van der Waals surface area (Å²) < 4.78 is 32.1. The van der Waals surface area contributed by atoms with Gasteiger partial charge in [-0.3, -0.25) is 0 Å². The van der Waals surface area contributed by atoms with Gasteiger partial charge in [0.2, 0.25) is 5.95 Å². The molecule has 0 aliphatic rings. The lowest BCUT2D eigenvalue weighted by Crippen LogP contribution is -2.16. The number of hydrogen-bond donors (Lipinski definition) is 2. The highest BCUT2D eigenvalue weighted by molar-refractivity contribution is 7.92. The van der Waals surface area contributed by atoms with E-state index < -0.39 is 16.6 Å². The van der Waals surface area contributed by atoms with E-state index in [1.165, 1.54) is 31.6 Å². The normalized spacial score (nSPS) is 11.2. The van der Waals surface area contributed by atoms with Crippen molar-refractivity contribution in [1.29, 1.82) is 0 Å². The van der Waals surface area contributed by atoms with Crippen LogP contribution >= 0.6 is 11.6 Å². The van der Waals surface area contributed by atoms with Crippen LogP contribution in [0, 0.1) is 0 Å². The smallest absolute Gasteiger partial charge is 0.267 e. The summed E-state index contributed by atoms with van der Waals surface area (Å²) in [6, 6.07) is 4.21. The summed E-state index contributed by atoms with van der Waals surface area (Å²) in [5, 5.41) is 9.44. The molecular formula is C12H12ClN3O4S. The lowest BCUT2D eigenvalue weighted by molar-refractivity contribution is 0.272. The van der Waals surface area contributed by atoms with Gasteiger partial charge in [-0.05, 0) is 18.2 Å². The maximum absolute atomic E-state index is 12.4. The van der Waals surface area contributed by atoms with Crippen molar-refractivity contribution >= 4 is 27.6 Å². The fourth-order valence-electron chi connectivity index (χ4n) is 1.70. The average molecular weight is 330 g/mol. The number of nitrogens with one attached hydrogen (secondary N) is 1. The van der Waals surface area contributed by atoms with Gasteiger partial charge in [0.1, 0.15) is 10.6 Å². The molecule has 9 heteroatoms. The minimum atomic E-state index is -4.01. The minimum absolute atomic E-state index is 0.0188. The number of methoxy groups -OCH3 is 1. The van der Waals surface area contributed by atoms with Crippen LogP contribution in [0.3, 0.4) is 0 Å². The first-order valence-electron chi connectivity index (χ1n) is 5.75. The molecule has 21 heavy (non-hydrogen) atoms. The molecule has 7 nitrogen and oxygen atoms in total. The highest BCUT2D eigenvalue weighted by Gasteiger charge is 2.23. The van der Waals surface area contributed by atoms with E-state index in [-0.39, 0.29) is 27.2 Å². The number of benzene rings is 1. The summed E-state index contributed by atoms with van der Waals surface area (Å²) in [6.07, 6.45) is 2.80. The second kappa shape index (κ2) is 6.25. The maximum atomic E-state index is 12.4. The number of anilines is 1. The van der Waals surface area contributed by atoms with Crippen molar-refractivity contribution in [3.8, 4) is 5.75 Å². The number of aliphatic hydroxyl groups excluding tert-OH is 1. The van der Waals surface area contributed by atoms with E-state index in [2.05, 4.69) is 14.7 Å². The molecule has 0 spiro atoms. The molecule has 1 aromatic carbocycles. The topological polar surface area (TPSA) is 101 Å². The van der Waals surface area contributed by atoms with Crippen LogP contribution in [-0.2, 0) is 16.6 Å². The Kier molecular flexibility index (Phi) is 4.61. The van der Waals surface area contributed by atoms with Gasteiger partial charge in [0.15, 0.2) is 0 Å². The van der Waals surface area contributed by atoms with E-state index in [0.717, 1.165) is 0 Å². The lowest BCUT2D eigenvalue weighted by Gasteiger charge is -2.14. The molecule has 0 saturated heterocycles. The molecule has 0 amide bonds. The zero-order valence-electron chi connectivity index (χ0n) is 10.9. The molecule has 0 fully saturated rings. The second-order valence-corrected chi connectivity index (χ2v) is 6.02. The van der Waals surface area contributed by atoms with Crippen LogP contribution in [0.5, 0.6) is 5.75 Å². The van der Waals surface area contributed by atoms with Crippen LogP contribution in [0.1, 0.15) is 5.56 Å². The standard InChI is InChI=1S/C12H12ClN3O4S/c1-20-11-8(7-17)5-9(13)6-10(11)21(18,19)16-12-14-3-2-4-15-12/h2-6,17H,7H2,1H3,(H,14,15,16). The van der Waals surface area contributed by atoms with Gasteiger partial charge in [0, 0.05) is 23.0 Å². The largest absolute Gasteiger partial charge is 0.495 e. The summed E-state index contributed by atoms with van der Waals surface area (Å²) >= 11 is 5.88. The fraction of sp³-hybridized carbons (Fsp3) is 0.167. The Hall–Kier alpha value is -1.90. The molecule has 0 bridgehead atoms. The van der Waals surface area contributed by atoms with Gasteiger partial charge in [-0.1, -0.05) is 11.6 Å². The summed E-state index contributed by atoms with van der Waals surface area (Å²) in [5.41, 5.74) is 0.263. The predicted molar refractivity (Wildman–Crippen MR) is 76.8 cm³/mol. The Balaban J connectivity index is 2.51. The van der Waals surface area contributed by atoms with Crippen molar-refractivity contribution in [2.24, 2.45) is 0 Å². The summed E-state index contributed by atoms with van der Waals surface area (Å²) in [5.74, 6) is -0.0598. The van der Waals surface area contributed by atoms with E-state index in [0.29, 0.717) is 0 Å². The quantitative estimate of drug-likeness (QED) is 0.860. The number of rotatable bonds is 5. The number of ether oxygens (including phenoxy) is 1. The Morgan fingerprint density at radius 1 is 1.33 bits per heavy atom. The number of aromatic nitrogens is 2. The summed E-state index contributed by atoms with van der Waals surface area (Å²) in [4.78, 5) is 7.37. The average Bonchev–Trinajstić information content (AvgIpc) is 2.46. The Bertz CT molecular complexity index is 738. The second-order valence-electron chi connectivity index (χ2n) is 3.93. The van der Waals surface area contributed by atoms with E-state index in [1.807, 2.05) is 0 Å². The van der Waals surface area contributed by atoms with Crippen LogP contribution in [0.25, 0.3) is 0 Å². The van der Waals surface area contributed by atoms with Crippen LogP contribution in [-0.4, -0.2) is 30.6 Å². The van der Waals surface area contributed by atoms with Crippen molar-refractivity contribution in [3.63, 3.8) is 0 Å². The Morgan fingerprint density at radius 3 is 2.57 bits per heavy atom. The maximum Gasteiger partial charge on any atom is 0.267 e. The summed E-state index contributed by atoms with van der Waals surface area (Å²) in [7, 11) is -2.70. The molecule has 2 N–H and O–H groups in total. The van der Waals surface area contributed by atoms with Crippen molar-refractivity contribution in [1.82, 2.24) is 9.97 Å². The number of hydrogen-bond acceptors (Lipinski definition) is 6. The number of aliphatic hydroxyl groups is 1. The van der Waals surface area contributed by atoms with Gasteiger partial charge < -0.3 is 9.84 Å². The Labute approximate surface area is 126 Å². The predicted octanol–water partition coefficient (Wildman–Crippen LogP) is 1.43. The molecule has 2 aromatic rings.